The van der Waals surface area contributed by atoms with Crippen LogP contribution in [0.2, 0.25) is 0 Å². The van der Waals surface area contributed by atoms with Crippen molar-refractivity contribution in [3.63, 3.8) is 0 Å². The fourth-order valence-electron chi connectivity index (χ4n) is 1.32. The van der Waals surface area contributed by atoms with Gasteiger partial charge in [-0.1, -0.05) is 0 Å². The van der Waals surface area contributed by atoms with Gasteiger partial charge in [0.2, 0.25) is 0 Å². The number of rotatable bonds is 0. The maximum atomic E-state index is 11.5. The minimum absolute atomic E-state index is 0.0342. The van der Waals surface area contributed by atoms with Crippen LogP contribution in [0.1, 0.15) is 12.8 Å². The molecule has 0 unspecified atom stereocenters. The van der Waals surface area contributed by atoms with E-state index in [9.17, 15) is 9.90 Å². The largest absolute Gasteiger partial charge is 0.380 e. The maximum Gasteiger partial charge on any atom is 0.319 e. The Kier molecular flexibility index (Phi) is 3.39. The van der Waals surface area contributed by atoms with Crippen molar-refractivity contribution in [3.05, 3.63) is 0 Å². The summed E-state index contributed by atoms with van der Waals surface area (Å²) in [6.45, 7) is 1.30. The highest BCUT2D eigenvalue weighted by Crippen LogP contribution is 2.28. The number of carbonyl (C=O) groups is 1. The van der Waals surface area contributed by atoms with Gasteiger partial charge in [0.15, 0.2) is 0 Å². The van der Waals surface area contributed by atoms with Gasteiger partial charge in [-0.2, -0.15) is 0 Å². The lowest BCUT2D eigenvalue weighted by atomic mass is 10.1. The van der Waals surface area contributed by atoms with Crippen molar-refractivity contribution in [2.75, 3.05) is 27.2 Å². The number of hydrogen-bond donors (Lipinski definition) is 1. The molecule has 1 aliphatic rings. The fraction of sp³-hybridized carbons (Fsp3) is 0.875. The number of likely N-dealkylation sites (tertiary alicyclic amines) is 1. The zero-order valence-corrected chi connectivity index (χ0v) is 10.1. The van der Waals surface area contributed by atoms with Crippen LogP contribution in [0, 0.1) is 0 Å². The third-order valence-electron chi connectivity index (χ3n) is 2.18. The van der Waals surface area contributed by atoms with Crippen LogP contribution in [-0.2, 0) is 0 Å². The zero-order valence-electron chi connectivity index (χ0n) is 7.96. The van der Waals surface area contributed by atoms with Gasteiger partial charge >= 0.3 is 6.03 Å². The molecule has 13 heavy (non-hydrogen) atoms. The van der Waals surface area contributed by atoms with Crippen molar-refractivity contribution in [2.24, 2.45) is 0 Å². The minimum Gasteiger partial charge on any atom is -0.380 e. The van der Waals surface area contributed by atoms with Crippen LogP contribution < -0.4 is 0 Å². The number of hydrogen-bond acceptors (Lipinski definition) is 2. The molecule has 0 aromatic rings. The molecule has 1 N–H and O–H groups in total. The molecule has 0 atom stereocenters. The summed E-state index contributed by atoms with van der Waals surface area (Å²) in [6.07, 6.45) is 1.32. The average molecular weight is 298 g/mol. The Morgan fingerprint density at radius 3 is 2.31 bits per heavy atom. The van der Waals surface area contributed by atoms with Gasteiger partial charge in [-0.15, -0.1) is 0 Å². The molecule has 0 bridgehead atoms. The smallest absolute Gasteiger partial charge is 0.319 e. The van der Waals surface area contributed by atoms with E-state index in [1.807, 2.05) is 22.6 Å². The summed E-state index contributed by atoms with van der Waals surface area (Å²) in [5.41, 5.74) is 0. The van der Waals surface area contributed by atoms with Gasteiger partial charge in [0.1, 0.15) is 3.61 Å². The van der Waals surface area contributed by atoms with Gasteiger partial charge in [-0.05, 0) is 22.6 Å². The first-order valence-corrected chi connectivity index (χ1v) is 5.38. The number of aliphatic hydroxyl groups is 1. The molecule has 0 radical (unpaired) electrons. The fourth-order valence-corrected chi connectivity index (χ4v) is 1.81. The number of halogens is 1. The molecule has 4 nitrogen and oxygen atoms in total. The van der Waals surface area contributed by atoms with Gasteiger partial charge < -0.3 is 14.9 Å². The number of alkyl halides is 1. The lowest BCUT2D eigenvalue weighted by Crippen LogP contribution is -2.47. The number of amides is 2. The molecule has 1 fully saturated rings. The first kappa shape index (κ1) is 11.0. The normalized spacial score (nSPS) is 21.4. The molecule has 0 aromatic carbocycles. The van der Waals surface area contributed by atoms with Crippen LogP contribution in [0.3, 0.4) is 0 Å². The quantitative estimate of drug-likeness (QED) is 0.533. The van der Waals surface area contributed by atoms with E-state index in [0.29, 0.717) is 25.9 Å². The highest BCUT2D eigenvalue weighted by Gasteiger charge is 2.31. The van der Waals surface area contributed by atoms with Gasteiger partial charge in [0, 0.05) is 40.0 Å². The molecule has 2 amide bonds. The van der Waals surface area contributed by atoms with Gasteiger partial charge in [0.05, 0.1) is 0 Å². The van der Waals surface area contributed by atoms with E-state index >= 15 is 0 Å². The predicted octanol–water partition coefficient (Wildman–Crippen LogP) is 0.887. The third-order valence-corrected chi connectivity index (χ3v) is 3.26. The molecule has 1 saturated heterocycles. The van der Waals surface area contributed by atoms with E-state index in [1.165, 1.54) is 0 Å². The van der Waals surface area contributed by atoms with Crippen molar-refractivity contribution in [1.82, 2.24) is 9.80 Å². The average Bonchev–Trinajstić information content (AvgIpc) is 2.03. The molecule has 76 valence electrons. The van der Waals surface area contributed by atoms with Crippen LogP contribution in [0.5, 0.6) is 0 Å². The second kappa shape index (κ2) is 4.00. The van der Waals surface area contributed by atoms with Crippen LogP contribution in [0.25, 0.3) is 0 Å². The molecule has 0 saturated carbocycles. The van der Waals surface area contributed by atoms with Gasteiger partial charge in [0.25, 0.3) is 0 Å². The Bertz CT molecular complexity index is 196. The first-order valence-electron chi connectivity index (χ1n) is 4.30. The standard InChI is InChI=1S/C8H15IN2O2/c1-10(2)7(12)11-5-3-8(9,13)4-6-11/h13H,3-6H2,1-2H3. The number of piperidine rings is 1. The first-order chi connectivity index (χ1) is 5.92. The van der Waals surface area contributed by atoms with Crippen molar-refractivity contribution < 1.29 is 9.90 Å². The summed E-state index contributed by atoms with van der Waals surface area (Å²) in [5.74, 6) is 0. The number of nitrogens with zero attached hydrogens (tertiary/aromatic N) is 2. The number of carbonyl (C=O) groups excluding carboxylic acids is 1. The lowest BCUT2D eigenvalue weighted by Gasteiger charge is -2.35. The Hall–Kier alpha value is -0.0400. The van der Waals surface area contributed by atoms with E-state index in [4.69, 9.17) is 0 Å². The monoisotopic (exact) mass is 298 g/mol. The molecular formula is C8H15IN2O2. The second-order valence-corrected chi connectivity index (χ2v) is 5.59. The zero-order chi connectivity index (χ0) is 10.1. The molecule has 1 rings (SSSR count). The Morgan fingerprint density at radius 2 is 1.92 bits per heavy atom. The van der Waals surface area contributed by atoms with E-state index in [0.717, 1.165) is 0 Å². The molecule has 5 heteroatoms. The van der Waals surface area contributed by atoms with Crippen molar-refractivity contribution >= 4 is 28.6 Å². The van der Waals surface area contributed by atoms with Crippen molar-refractivity contribution in [2.45, 2.75) is 16.4 Å². The summed E-state index contributed by atoms with van der Waals surface area (Å²) in [6, 6.07) is 0.0342. The van der Waals surface area contributed by atoms with Gasteiger partial charge in [-0.3, -0.25) is 0 Å². The molecule has 0 spiro atoms. The summed E-state index contributed by atoms with van der Waals surface area (Å²) >= 11 is 2.05. The van der Waals surface area contributed by atoms with Crippen LogP contribution in [0.15, 0.2) is 0 Å². The van der Waals surface area contributed by atoms with E-state index in [-0.39, 0.29) is 6.03 Å². The SMILES string of the molecule is CN(C)C(=O)N1CCC(O)(I)CC1. The molecule has 1 heterocycles. The van der Waals surface area contributed by atoms with Gasteiger partial charge in [-0.25, -0.2) is 4.79 Å². The maximum absolute atomic E-state index is 11.5. The summed E-state index contributed by atoms with van der Waals surface area (Å²) in [4.78, 5) is 14.8. The number of urea groups is 1. The minimum atomic E-state index is -0.610. The summed E-state index contributed by atoms with van der Waals surface area (Å²) < 4.78 is -0.610. The van der Waals surface area contributed by atoms with E-state index in [2.05, 4.69) is 0 Å². The molecule has 0 aliphatic carbocycles. The molecule has 1 aliphatic heterocycles. The summed E-state index contributed by atoms with van der Waals surface area (Å²) in [7, 11) is 3.49. The van der Waals surface area contributed by atoms with Crippen LogP contribution >= 0.6 is 22.6 Å². The second-order valence-electron chi connectivity index (χ2n) is 3.58. The molecular weight excluding hydrogens is 283 g/mol. The van der Waals surface area contributed by atoms with Crippen molar-refractivity contribution in [3.8, 4) is 0 Å². The summed E-state index contributed by atoms with van der Waals surface area (Å²) in [5, 5.41) is 9.65. The lowest BCUT2D eigenvalue weighted by molar-refractivity contribution is 0.0739. The Balaban J connectivity index is 2.46. The highest BCUT2D eigenvalue weighted by molar-refractivity contribution is 14.1. The Morgan fingerprint density at radius 1 is 1.46 bits per heavy atom. The van der Waals surface area contributed by atoms with Crippen molar-refractivity contribution in [1.29, 1.82) is 0 Å². The highest BCUT2D eigenvalue weighted by atomic mass is 127. The predicted molar refractivity (Wildman–Crippen MR) is 58.9 cm³/mol. The van der Waals surface area contributed by atoms with Crippen LogP contribution in [0.4, 0.5) is 4.79 Å². The third kappa shape index (κ3) is 2.98. The van der Waals surface area contributed by atoms with Crippen LogP contribution in [-0.4, -0.2) is 51.7 Å². The van der Waals surface area contributed by atoms with E-state index in [1.54, 1.807) is 23.9 Å². The Labute approximate surface area is 92.0 Å². The molecule has 0 aromatic heterocycles. The topological polar surface area (TPSA) is 43.8 Å². The van der Waals surface area contributed by atoms with E-state index < -0.39 is 3.61 Å².